The second-order valence-corrected chi connectivity index (χ2v) is 7.23. The molecule has 0 radical (unpaired) electrons. The van der Waals surface area contributed by atoms with Crippen molar-refractivity contribution in [3.05, 3.63) is 41.7 Å². The Bertz CT molecular complexity index is 934. The highest BCUT2D eigenvalue weighted by Crippen LogP contribution is 2.23. The molecule has 2 aliphatic rings. The molecule has 2 aromatic rings. The lowest BCUT2D eigenvalue weighted by Crippen LogP contribution is -2.51. The molecule has 1 aliphatic heterocycles. The Labute approximate surface area is 162 Å². The number of fused-ring (bicyclic) bond motifs is 1. The van der Waals surface area contributed by atoms with Gasteiger partial charge in [0.2, 0.25) is 5.91 Å². The van der Waals surface area contributed by atoms with Crippen molar-refractivity contribution in [3.63, 3.8) is 0 Å². The molecule has 2 aromatic heterocycles. The highest BCUT2D eigenvalue weighted by molar-refractivity contribution is 6.09. The number of carbonyl (C=O) groups is 1. The molecule has 8 heteroatoms. The van der Waals surface area contributed by atoms with Crippen molar-refractivity contribution in [2.24, 2.45) is 4.99 Å². The van der Waals surface area contributed by atoms with E-state index in [0.29, 0.717) is 12.3 Å². The fourth-order valence-corrected chi connectivity index (χ4v) is 3.84. The first-order chi connectivity index (χ1) is 13.7. The minimum atomic E-state index is -0.326. The van der Waals surface area contributed by atoms with Gasteiger partial charge in [-0.2, -0.15) is 0 Å². The summed E-state index contributed by atoms with van der Waals surface area (Å²) in [7, 11) is 0. The molecular formula is C20H25FN6O. The number of aromatic amines is 1. The van der Waals surface area contributed by atoms with E-state index in [9.17, 15) is 9.18 Å². The van der Waals surface area contributed by atoms with Crippen LogP contribution in [-0.4, -0.2) is 40.3 Å². The lowest BCUT2D eigenvalue weighted by atomic mass is 9.90. The van der Waals surface area contributed by atoms with Gasteiger partial charge in [-0.15, -0.1) is 0 Å². The zero-order valence-electron chi connectivity index (χ0n) is 15.9. The van der Waals surface area contributed by atoms with Crippen LogP contribution in [0, 0.1) is 0 Å². The van der Waals surface area contributed by atoms with Crippen molar-refractivity contribution in [1.29, 1.82) is 0 Å². The number of hydrogen-bond acceptors (Lipinski definition) is 5. The predicted octanol–water partition coefficient (Wildman–Crippen LogP) is 2.48. The largest absolute Gasteiger partial charge is 0.363 e. The second-order valence-electron chi connectivity index (χ2n) is 7.23. The van der Waals surface area contributed by atoms with Crippen LogP contribution >= 0.6 is 0 Å². The Hall–Kier alpha value is -2.90. The fourth-order valence-electron chi connectivity index (χ4n) is 3.84. The van der Waals surface area contributed by atoms with Crippen molar-refractivity contribution >= 4 is 22.8 Å². The highest BCUT2D eigenvalue weighted by atomic mass is 19.1. The molecule has 0 spiro atoms. The molecule has 28 heavy (non-hydrogen) atoms. The number of nitrogens with zero attached hydrogens (tertiary/aromatic N) is 2. The topological polar surface area (TPSA) is 94.2 Å². The van der Waals surface area contributed by atoms with Crippen LogP contribution in [0.5, 0.6) is 0 Å². The van der Waals surface area contributed by atoms with Gasteiger partial charge >= 0.3 is 0 Å². The number of hydrogen-bond donors (Lipinski definition) is 4. The monoisotopic (exact) mass is 384 g/mol. The van der Waals surface area contributed by atoms with E-state index in [1.165, 1.54) is 0 Å². The summed E-state index contributed by atoms with van der Waals surface area (Å²) in [5.74, 6) is 0.546. The van der Waals surface area contributed by atoms with Gasteiger partial charge in [0.05, 0.1) is 6.54 Å². The summed E-state index contributed by atoms with van der Waals surface area (Å²) < 4.78 is 14.5. The minimum absolute atomic E-state index is 0.00711. The number of pyridine rings is 1. The van der Waals surface area contributed by atoms with Crippen LogP contribution in [0.25, 0.3) is 11.0 Å². The van der Waals surface area contributed by atoms with Gasteiger partial charge in [-0.25, -0.2) is 14.4 Å². The van der Waals surface area contributed by atoms with Crippen molar-refractivity contribution < 1.29 is 9.18 Å². The van der Waals surface area contributed by atoms with E-state index in [2.05, 4.69) is 30.9 Å². The van der Waals surface area contributed by atoms with E-state index in [-0.39, 0.29) is 36.2 Å². The summed E-state index contributed by atoms with van der Waals surface area (Å²) in [4.78, 5) is 23.8. The Kier molecular flexibility index (Phi) is 5.27. The molecule has 1 saturated carbocycles. The van der Waals surface area contributed by atoms with E-state index < -0.39 is 0 Å². The van der Waals surface area contributed by atoms with E-state index in [1.54, 1.807) is 6.20 Å². The smallest absolute Gasteiger partial charge is 0.220 e. The molecule has 1 aliphatic carbocycles. The number of amidine groups is 1. The number of rotatable bonds is 5. The van der Waals surface area contributed by atoms with Gasteiger partial charge in [0.15, 0.2) is 11.6 Å². The lowest BCUT2D eigenvalue weighted by Gasteiger charge is -2.34. The third-order valence-electron chi connectivity index (χ3n) is 5.35. The van der Waals surface area contributed by atoms with Crippen molar-refractivity contribution in [2.45, 2.75) is 51.1 Å². The molecule has 3 heterocycles. The summed E-state index contributed by atoms with van der Waals surface area (Å²) in [5, 5.41) is 10.3. The summed E-state index contributed by atoms with van der Waals surface area (Å²) in [6.07, 6.45) is 7.87. The molecule has 7 nitrogen and oxygen atoms in total. The molecule has 4 N–H and O–H groups in total. The van der Waals surface area contributed by atoms with E-state index in [1.807, 2.05) is 25.3 Å². The molecule has 1 amide bonds. The van der Waals surface area contributed by atoms with Gasteiger partial charge in [-0.1, -0.05) is 19.8 Å². The maximum Gasteiger partial charge on any atom is 0.220 e. The molecular weight excluding hydrogens is 359 g/mol. The van der Waals surface area contributed by atoms with Crippen molar-refractivity contribution in [3.8, 4) is 0 Å². The minimum Gasteiger partial charge on any atom is -0.363 e. The zero-order valence-corrected chi connectivity index (χ0v) is 15.9. The van der Waals surface area contributed by atoms with Crippen LogP contribution in [0.2, 0.25) is 0 Å². The van der Waals surface area contributed by atoms with Gasteiger partial charge in [-0.3, -0.25) is 4.79 Å². The first-order valence-corrected chi connectivity index (χ1v) is 9.85. The van der Waals surface area contributed by atoms with Crippen LogP contribution in [-0.2, 0) is 4.79 Å². The number of nitrogens with one attached hydrogen (secondary N) is 4. The second kappa shape index (κ2) is 8.00. The first kappa shape index (κ1) is 18.5. The number of halogens is 1. The summed E-state index contributed by atoms with van der Waals surface area (Å²) in [6.45, 7) is 1.91. The van der Waals surface area contributed by atoms with Crippen LogP contribution in [0.1, 0.15) is 44.6 Å². The summed E-state index contributed by atoms with van der Waals surface area (Å²) in [5.41, 5.74) is 1.62. The molecule has 148 valence electrons. The van der Waals surface area contributed by atoms with Crippen LogP contribution in [0.3, 0.4) is 0 Å². The average molecular weight is 384 g/mol. The number of aliphatic imine (C=N–C) groups is 1. The molecule has 0 aromatic carbocycles. The lowest BCUT2D eigenvalue weighted by molar-refractivity contribution is -0.121. The average Bonchev–Trinajstić information content (AvgIpc) is 3.15. The Balaban J connectivity index is 1.57. The van der Waals surface area contributed by atoms with Gasteiger partial charge in [0.25, 0.3) is 0 Å². The van der Waals surface area contributed by atoms with Crippen LogP contribution in [0.15, 0.2) is 41.2 Å². The maximum atomic E-state index is 14.5. The van der Waals surface area contributed by atoms with Crippen LogP contribution in [0.4, 0.5) is 4.39 Å². The van der Waals surface area contributed by atoms with E-state index >= 15 is 0 Å². The third-order valence-corrected chi connectivity index (χ3v) is 5.35. The molecule has 0 saturated heterocycles. The molecule has 0 bridgehead atoms. The molecule has 1 fully saturated rings. The SMILES string of the molecule is CCC(=O)N[C@@H]1CCCC[C@H]1NC1=C(F)CNC(c2c[nH]c3ncccc23)=N1. The Morgan fingerprint density at radius 1 is 1.32 bits per heavy atom. The van der Waals surface area contributed by atoms with Gasteiger partial charge in [0, 0.05) is 41.8 Å². The maximum absolute atomic E-state index is 14.5. The van der Waals surface area contributed by atoms with Crippen molar-refractivity contribution in [2.75, 3.05) is 6.54 Å². The molecule has 2 atom stereocenters. The van der Waals surface area contributed by atoms with Crippen molar-refractivity contribution in [1.82, 2.24) is 25.9 Å². The van der Waals surface area contributed by atoms with E-state index in [0.717, 1.165) is 42.3 Å². The van der Waals surface area contributed by atoms with Crippen LogP contribution < -0.4 is 16.0 Å². The Morgan fingerprint density at radius 2 is 2.14 bits per heavy atom. The molecule has 4 rings (SSSR count). The number of H-pyrrole nitrogens is 1. The fraction of sp³-hybridized carbons (Fsp3) is 0.450. The number of aromatic nitrogens is 2. The quantitative estimate of drug-likeness (QED) is 0.637. The van der Waals surface area contributed by atoms with Gasteiger partial charge < -0.3 is 20.9 Å². The standard InChI is InChI=1S/C20H25FN6O/c1-2-17(28)25-15-7-3-4-8-16(15)26-20-14(21)11-24-19(27-20)13-10-23-18-12(13)6-5-9-22-18/h5-6,9-10,15-16,26H,2-4,7-8,11H2,1H3,(H,22,23)(H,24,27)(H,25,28)/t15-,16-/m1/s1. The normalized spacial score (nSPS) is 22.6. The predicted molar refractivity (Wildman–Crippen MR) is 106 cm³/mol. The number of amides is 1. The molecule has 0 unspecified atom stereocenters. The van der Waals surface area contributed by atoms with Gasteiger partial charge in [-0.05, 0) is 25.0 Å². The highest BCUT2D eigenvalue weighted by Gasteiger charge is 2.28. The first-order valence-electron chi connectivity index (χ1n) is 9.85. The van der Waals surface area contributed by atoms with Gasteiger partial charge in [0.1, 0.15) is 11.5 Å². The van der Waals surface area contributed by atoms with E-state index in [4.69, 9.17) is 0 Å². The number of carbonyl (C=O) groups excluding carboxylic acids is 1. The third kappa shape index (κ3) is 3.72. The zero-order chi connectivity index (χ0) is 19.5. The Morgan fingerprint density at radius 3 is 2.96 bits per heavy atom. The summed E-state index contributed by atoms with van der Waals surface area (Å²) >= 11 is 0. The summed E-state index contributed by atoms with van der Waals surface area (Å²) in [6, 6.07) is 3.78.